The summed E-state index contributed by atoms with van der Waals surface area (Å²) in [4.78, 5) is 27.1. The van der Waals surface area contributed by atoms with E-state index in [1.807, 2.05) is 0 Å². The first-order chi connectivity index (χ1) is 15.1. The van der Waals surface area contributed by atoms with Crippen molar-refractivity contribution in [3.63, 3.8) is 0 Å². The second kappa shape index (κ2) is 10.2. The predicted octanol–water partition coefficient (Wildman–Crippen LogP) is 3.95. The summed E-state index contributed by atoms with van der Waals surface area (Å²) in [5.41, 5.74) is 1.84. The molecule has 0 aliphatic carbocycles. The normalized spacial score (nSPS) is 15.4. The third-order valence-corrected chi connectivity index (χ3v) is 6.97. The topological polar surface area (TPSA) is 47.2 Å². The number of hydrogen-bond donors (Lipinski definition) is 0. The highest BCUT2D eigenvalue weighted by atomic mass is 32.1. The molecular formula is C24H28FN3O2S. The molecule has 1 aliphatic heterocycles. The molecule has 0 N–H and O–H groups in total. The Morgan fingerprint density at radius 2 is 1.58 bits per heavy atom. The first-order valence-electron chi connectivity index (χ1n) is 10.9. The third kappa shape index (κ3) is 5.80. The molecule has 1 aromatic heterocycles. The third-order valence-electron chi connectivity index (χ3n) is 6.04. The van der Waals surface area contributed by atoms with Crippen molar-refractivity contribution < 1.29 is 4.39 Å². The number of piperidine rings is 1. The van der Waals surface area contributed by atoms with Crippen molar-refractivity contribution in [1.29, 1.82) is 0 Å². The van der Waals surface area contributed by atoms with Gasteiger partial charge in [-0.25, -0.2) is 17.7 Å². The molecular weight excluding hydrogens is 413 g/mol. The fourth-order valence-corrected chi connectivity index (χ4v) is 5.07. The molecule has 0 atom stereocenters. The fraction of sp³-hybridized carbons (Fsp3) is 0.417. The zero-order valence-corrected chi connectivity index (χ0v) is 18.4. The van der Waals surface area contributed by atoms with Gasteiger partial charge in [0.25, 0.3) is 0 Å². The number of benzene rings is 2. The molecule has 5 nitrogen and oxygen atoms in total. The maximum Gasteiger partial charge on any atom is 0.341 e. The zero-order valence-electron chi connectivity index (χ0n) is 17.6. The Kier molecular flexibility index (Phi) is 7.14. The lowest BCUT2D eigenvalue weighted by Gasteiger charge is -2.32. The Bertz CT molecular complexity index is 1080. The standard InChI is InChI=1S/C24H28FN3O2S/c25-22-10-8-21(9-11-22)18-27-23(29)28(31-24(27)30)14-4-7-19-12-15-26(16-13-19)17-20-5-2-1-3-6-20/h1-3,5-6,8-11,19H,4,7,12-18H2. The maximum absolute atomic E-state index is 13.1. The van der Waals surface area contributed by atoms with Crippen LogP contribution in [0.15, 0.2) is 64.2 Å². The number of rotatable bonds is 8. The SMILES string of the molecule is O=c1sn(CCCC2CCN(Cc3ccccc3)CC2)c(=O)n1Cc1ccc(F)cc1. The highest BCUT2D eigenvalue weighted by molar-refractivity contribution is 7.03. The van der Waals surface area contributed by atoms with Crippen molar-refractivity contribution in [2.24, 2.45) is 5.92 Å². The van der Waals surface area contributed by atoms with E-state index in [4.69, 9.17) is 0 Å². The van der Waals surface area contributed by atoms with Crippen LogP contribution in [0.25, 0.3) is 0 Å². The van der Waals surface area contributed by atoms with Crippen LogP contribution in [0.5, 0.6) is 0 Å². The predicted molar refractivity (Wildman–Crippen MR) is 122 cm³/mol. The summed E-state index contributed by atoms with van der Waals surface area (Å²) in [5.74, 6) is 0.352. The van der Waals surface area contributed by atoms with E-state index in [0.717, 1.165) is 49.6 Å². The number of aromatic nitrogens is 2. The van der Waals surface area contributed by atoms with Gasteiger partial charge < -0.3 is 0 Å². The van der Waals surface area contributed by atoms with Crippen LogP contribution >= 0.6 is 11.5 Å². The maximum atomic E-state index is 13.1. The van der Waals surface area contributed by atoms with E-state index in [9.17, 15) is 14.0 Å². The Hall–Kier alpha value is -2.51. The first kappa shape index (κ1) is 21.7. The van der Waals surface area contributed by atoms with Gasteiger partial charge in [0.05, 0.1) is 6.54 Å². The van der Waals surface area contributed by atoms with Crippen LogP contribution in [0.4, 0.5) is 4.39 Å². The molecule has 0 radical (unpaired) electrons. The van der Waals surface area contributed by atoms with Crippen molar-refractivity contribution in [3.8, 4) is 0 Å². The number of aryl methyl sites for hydroxylation is 1. The lowest BCUT2D eigenvalue weighted by atomic mass is 9.92. The smallest absolute Gasteiger partial charge is 0.299 e. The second-order valence-electron chi connectivity index (χ2n) is 8.30. The van der Waals surface area contributed by atoms with Crippen LogP contribution in [-0.2, 0) is 19.6 Å². The van der Waals surface area contributed by atoms with Crippen molar-refractivity contribution >= 4 is 11.5 Å². The minimum atomic E-state index is -0.329. The summed E-state index contributed by atoms with van der Waals surface area (Å²) in [5, 5.41) is 0. The average Bonchev–Trinajstić information content (AvgIpc) is 3.05. The summed E-state index contributed by atoms with van der Waals surface area (Å²) in [6, 6.07) is 16.5. The number of halogens is 1. The van der Waals surface area contributed by atoms with Gasteiger partial charge in [-0.3, -0.25) is 9.69 Å². The largest absolute Gasteiger partial charge is 0.341 e. The van der Waals surface area contributed by atoms with Gasteiger partial charge in [-0.1, -0.05) is 42.5 Å². The molecule has 164 valence electrons. The van der Waals surface area contributed by atoms with E-state index in [-0.39, 0.29) is 22.9 Å². The van der Waals surface area contributed by atoms with Crippen LogP contribution in [0.2, 0.25) is 0 Å². The zero-order chi connectivity index (χ0) is 21.6. The van der Waals surface area contributed by atoms with Crippen LogP contribution < -0.4 is 10.6 Å². The van der Waals surface area contributed by atoms with Gasteiger partial charge in [-0.15, -0.1) is 0 Å². The lowest BCUT2D eigenvalue weighted by molar-refractivity contribution is 0.170. The molecule has 1 fully saturated rings. The molecule has 7 heteroatoms. The van der Waals surface area contributed by atoms with Crippen LogP contribution in [0.3, 0.4) is 0 Å². The van der Waals surface area contributed by atoms with Crippen molar-refractivity contribution in [1.82, 2.24) is 13.4 Å². The summed E-state index contributed by atoms with van der Waals surface area (Å²) < 4.78 is 15.9. The molecule has 1 aliphatic rings. The molecule has 31 heavy (non-hydrogen) atoms. The quantitative estimate of drug-likeness (QED) is 0.532. The highest BCUT2D eigenvalue weighted by Crippen LogP contribution is 2.23. The molecule has 0 unspecified atom stereocenters. The van der Waals surface area contributed by atoms with E-state index in [2.05, 4.69) is 35.2 Å². The molecule has 1 saturated heterocycles. The number of likely N-dealkylation sites (tertiary alicyclic amines) is 1. The minimum absolute atomic E-state index is 0.182. The molecule has 4 rings (SSSR count). The van der Waals surface area contributed by atoms with E-state index in [0.29, 0.717) is 12.5 Å². The number of nitrogens with zero attached hydrogens (tertiary/aromatic N) is 3. The minimum Gasteiger partial charge on any atom is -0.299 e. The first-order valence-corrected chi connectivity index (χ1v) is 11.7. The van der Waals surface area contributed by atoms with Gasteiger partial charge in [0.15, 0.2) is 0 Å². The fourth-order valence-electron chi connectivity index (χ4n) is 4.24. The van der Waals surface area contributed by atoms with Crippen molar-refractivity contribution in [3.05, 3.63) is 91.7 Å². The van der Waals surface area contributed by atoms with E-state index >= 15 is 0 Å². The van der Waals surface area contributed by atoms with E-state index in [1.165, 1.54) is 35.1 Å². The van der Waals surface area contributed by atoms with Crippen molar-refractivity contribution in [2.75, 3.05) is 13.1 Å². The molecule has 0 saturated carbocycles. The highest BCUT2D eigenvalue weighted by Gasteiger charge is 2.19. The Morgan fingerprint density at radius 1 is 0.903 bits per heavy atom. The molecule has 0 spiro atoms. The summed E-state index contributed by atoms with van der Waals surface area (Å²) >= 11 is 0.981. The van der Waals surface area contributed by atoms with Gasteiger partial charge in [0, 0.05) is 24.6 Å². The molecule has 2 aromatic carbocycles. The number of hydrogen-bond acceptors (Lipinski definition) is 4. The summed E-state index contributed by atoms with van der Waals surface area (Å²) in [7, 11) is 0. The van der Waals surface area contributed by atoms with Crippen LogP contribution in [0.1, 0.15) is 36.8 Å². The van der Waals surface area contributed by atoms with Gasteiger partial charge >= 0.3 is 10.6 Å². The monoisotopic (exact) mass is 441 g/mol. The Labute approximate surface area is 185 Å². The second-order valence-corrected chi connectivity index (χ2v) is 9.27. The summed E-state index contributed by atoms with van der Waals surface area (Å²) in [6.07, 6.45) is 4.35. The Morgan fingerprint density at radius 3 is 2.29 bits per heavy atom. The Balaban J connectivity index is 1.24. The van der Waals surface area contributed by atoms with Crippen molar-refractivity contribution in [2.45, 2.75) is 45.3 Å². The van der Waals surface area contributed by atoms with Gasteiger partial charge in [-0.05, 0) is 68.0 Å². The molecule has 0 bridgehead atoms. The molecule has 0 amide bonds. The lowest BCUT2D eigenvalue weighted by Crippen LogP contribution is -2.33. The van der Waals surface area contributed by atoms with Crippen LogP contribution in [-0.4, -0.2) is 26.5 Å². The van der Waals surface area contributed by atoms with Gasteiger partial charge in [0.2, 0.25) is 0 Å². The van der Waals surface area contributed by atoms with E-state index < -0.39 is 0 Å². The van der Waals surface area contributed by atoms with E-state index in [1.54, 1.807) is 16.1 Å². The average molecular weight is 442 g/mol. The van der Waals surface area contributed by atoms with Gasteiger partial charge in [0.1, 0.15) is 5.82 Å². The van der Waals surface area contributed by atoms with Gasteiger partial charge in [-0.2, -0.15) is 0 Å². The summed E-state index contributed by atoms with van der Waals surface area (Å²) in [6.45, 7) is 4.00. The molecule has 3 aromatic rings. The van der Waals surface area contributed by atoms with Crippen LogP contribution in [0, 0.1) is 11.7 Å². The molecule has 2 heterocycles.